The zero-order chi connectivity index (χ0) is 23.3. The molecule has 7 nitrogen and oxygen atoms in total. The molecule has 33 heavy (non-hydrogen) atoms. The van der Waals surface area contributed by atoms with Crippen molar-refractivity contribution in [3.63, 3.8) is 0 Å². The molecule has 8 heteroatoms. The van der Waals surface area contributed by atoms with Crippen LogP contribution in [0.4, 0.5) is 0 Å². The monoisotopic (exact) mass is 470 g/mol. The number of carbonyl (C=O) groups excluding carboxylic acids is 1. The topological polar surface area (TPSA) is 81.8 Å². The fourth-order valence-corrected chi connectivity index (χ4v) is 5.36. The molecule has 1 saturated carbocycles. The molecule has 1 saturated heterocycles. The normalized spacial score (nSPS) is 18.7. The van der Waals surface area contributed by atoms with Gasteiger partial charge in [0, 0.05) is 45.2 Å². The molecular weight excluding hydrogens is 436 g/mol. The van der Waals surface area contributed by atoms with Crippen LogP contribution in [0, 0.1) is 0 Å². The molecule has 2 aromatic carbocycles. The highest BCUT2D eigenvalue weighted by Gasteiger charge is 2.28. The minimum absolute atomic E-state index is 0.00470. The van der Waals surface area contributed by atoms with Gasteiger partial charge >= 0.3 is 0 Å². The summed E-state index contributed by atoms with van der Waals surface area (Å²) >= 11 is 0. The third kappa shape index (κ3) is 7.11. The van der Waals surface area contributed by atoms with Crippen molar-refractivity contribution in [2.75, 3.05) is 39.8 Å². The molecule has 0 spiro atoms. The summed E-state index contributed by atoms with van der Waals surface area (Å²) in [6.45, 7) is 4.87. The number of nitrogens with zero attached hydrogens (tertiary/aromatic N) is 2. The maximum absolute atomic E-state index is 12.8. The molecule has 1 amide bonds. The Morgan fingerprint density at radius 3 is 2.30 bits per heavy atom. The SMILES string of the molecule is CN1CCN(CC(NC(=O)CCc2ccc(S(=O)(=O)NC3CC3)cc2)c2ccccc2)CC1. The number of rotatable bonds is 10. The molecule has 0 aromatic heterocycles. The van der Waals surface area contributed by atoms with Gasteiger partial charge in [0.25, 0.3) is 0 Å². The molecule has 2 aromatic rings. The summed E-state index contributed by atoms with van der Waals surface area (Å²) < 4.78 is 27.3. The van der Waals surface area contributed by atoms with Gasteiger partial charge in [-0.05, 0) is 49.6 Å². The largest absolute Gasteiger partial charge is 0.348 e. The first-order chi connectivity index (χ1) is 15.9. The fourth-order valence-electron chi connectivity index (χ4n) is 4.06. The maximum Gasteiger partial charge on any atom is 0.240 e. The Labute approximate surface area is 197 Å². The average Bonchev–Trinajstić information content (AvgIpc) is 3.63. The van der Waals surface area contributed by atoms with E-state index in [0.717, 1.165) is 56.7 Å². The molecule has 1 heterocycles. The second-order valence-electron chi connectivity index (χ2n) is 9.17. The molecular formula is C25H34N4O3S. The van der Waals surface area contributed by atoms with Crippen LogP contribution < -0.4 is 10.0 Å². The third-order valence-electron chi connectivity index (χ3n) is 6.35. The fraction of sp³-hybridized carbons (Fsp3) is 0.480. The van der Waals surface area contributed by atoms with E-state index in [-0.39, 0.29) is 22.9 Å². The number of benzene rings is 2. The van der Waals surface area contributed by atoms with E-state index in [0.29, 0.717) is 12.8 Å². The van der Waals surface area contributed by atoms with Crippen LogP contribution >= 0.6 is 0 Å². The first-order valence-electron chi connectivity index (χ1n) is 11.8. The smallest absolute Gasteiger partial charge is 0.240 e. The minimum Gasteiger partial charge on any atom is -0.348 e. The highest BCUT2D eigenvalue weighted by molar-refractivity contribution is 7.89. The van der Waals surface area contributed by atoms with Crippen LogP contribution in [0.1, 0.15) is 36.4 Å². The lowest BCUT2D eigenvalue weighted by atomic mass is 10.0. The van der Waals surface area contributed by atoms with E-state index in [1.807, 2.05) is 18.2 Å². The summed E-state index contributed by atoms with van der Waals surface area (Å²) in [4.78, 5) is 17.8. The predicted molar refractivity (Wildman–Crippen MR) is 129 cm³/mol. The van der Waals surface area contributed by atoms with Crippen molar-refractivity contribution in [3.05, 3.63) is 65.7 Å². The standard InChI is InChI=1S/C25H34N4O3S/c1-28-15-17-29(18-16-28)19-24(21-5-3-2-4-6-21)26-25(30)14-9-20-7-12-23(13-8-20)33(31,32)27-22-10-11-22/h2-8,12-13,22,24,27H,9-11,14-19H2,1H3,(H,26,30). The molecule has 4 rings (SSSR count). The van der Waals surface area contributed by atoms with Crippen molar-refractivity contribution in [2.24, 2.45) is 0 Å². The molecule has 2 N–H and O–H groups in total. The van der Waals surface area contributed by atoms with Crippen LogP contribution in [0.15, 0.2) is 59.5 Å². The number of nitrogens with one attached hydrogen (secondary N) is 2. The van der Waals surface area contributed by atoms with Gasteiger partial charge in [-0.1, -0.05) is 42.5 Å². The van der Waals surface area contributed by atoms with Gasteiger partial charge in [0.15, 0.2) is 0 Å². The van der Waals surface area contributed by atoms with Gasteiger partial charge in [-0.15, -0.1) is 0 Å². The summed E-state index contributed by atoms with van der Waals surface area (Å²) in [6, 6.07) is 17.0. The van der Waals surface area contributed by atoms with Crippen molar-refractivity contribution in [2.45, 2.75) is 42.7 Å². The van der Waals surface area contributed by atoms with Crippen molar-refractivity contribution in [1.29, 1.82) is 0 Å². The number of hydrogen-bond acceptors (Lipinski definition) is 5. The maximum atomic E-state index is 12.8. The Bertz CT molecular complexity index is 1020. The minimum atomic E-state index is -3.45. The molecule has 0 bridgehead atoms. The van der Waals surface area contributed by atoms with E-state index in [9.17, 15) is 13.2 Å². The number of sulfonamides is 1. The van der Waals surface area contributed by atoms with Crippen LogP contribution in [-0.2, 0) is 21.2 Å². The summed E-state index contributed by atoms with van der Waals surface area (Å²) in [5.41, 5.74) is 2.06. The molecule has 1 unspecified atom stereocenters. The number of aryl methyl sites for hydroxylation is 1. The van der Waals surface area contributed by atoms with E-state index in [1.54, 1.807) is 24.3 Å². The Kier molecular flexibility index (Phi) is 7.80. The van der Waals surface area contributed by atoms with Crippen LogP contribution in [0.2, 0.25) is 0 Å². The second kappa shape index (κ2) is 10.8. The van der Waals surface area contributed by atoms with Crippen molar-refractivity contribution in [3.8, 4) is 0 Å². The summed E-state index contributed by atoms with van der Waals surface area (Å²) in [5.74, 6) is 0.00470. The van der Waals surface area contributed by atoms with Crippen LogP contribution in [-0.4, -0.2) is 69.9 Å². The van der Waals surface area contributed by atoms with E-state index in [2.05, 4.69) is 39.0 Å². The molecule has 2 fully saturated rings. The van der Waals surface area contributed by atoms with Gasteiger partial charge in [-0.2, -0.15) is 0 Å². The highest BCUT2D eigenvalue weighted by Crippen LogP contribution is 2.22. The number of hydrogen-bond donors (Lipinski definition) is 2. The Morgan fingerprint density at radius 1 is 1.00 bits per heavy atom. The van der Waals surface area contributed by atoms with Crippen LogP contribution in [0.5, 0.6) is 0 Å². The number of carbonyl (C=O) groups is 1. The van der Waals surface area contributed by atoms with E-state index in [4.69, 9.17) is 0 Å². The van der Waals surface area contributed by atoms with Gasteiger partial charge < -0.3 is 10.2 Å². The van der Waals surface area contributed by atoms with Gasteiger partial charge in [-0.3, -0.25) is 9.69 Å². The molecule has 1 atom stereocenters. The van der Waals surface area contributed by atoms with Crippen molar-refractivity contribution < 1.29 is 13.2 Å². The second-order valence-corrected chi connectivity index (χ2v) is 10.9. The van der Waals surface area contributed by atoms with Gasteiger partial charge in [0.05, 0.1) is 10.9 Å². The van der Waals surface area contributed by atoms with Crippen molar-refractivity contribution >= 4 is 15.9 Å². The molecule has 2 aliphatic rings. The highest BCUT2D eigenvalue weighted by atomic mass is 32.2. The van der Waals surface area contributed by atoms with Gasteiger partial charge in [0.2, 0.25) is 15.9 Å². The van der Waals surface area contributed by atoms with Crippen molar-refractivity contribution in [1.82, 2.24) is 19.8 Å². The average molecular weight is 471 g/mol. The number of amides is 1. The molecule has 1 aliphatic carbocycles. The quantitative estimate of drug-likeness (QED) is 0.556. The third-order valence-corrected chi connectivity index (χ3v) is 7.88. The Balaban J connectivity index is 1.32. The van der Waals surface area contributed by atoms with E-state index in [1.165, 1.54) is 0 Å². The van der Waals surface area contributed by atoms with Crippen LogP contribution in [0.3, 0.4) is 0 Å². The van der Waals surface area contributed by atoms with Gasteiger partial charge in [-0.25, -0.2) is 13.1 Å². The first kappa shape index (κ1) is 23.9. The predicted octanol–water partition coefficient (Wildman–Crippen LogP) is 2.16. The Hall–Kier alpha value is -2.26. The lowest BCUT2D eigenvalue weighted by Gasteiger charge is -2.35. The summed E-state index contributed by atoms with van der Waals surface area (Å²) in [6.07, 6.45) is 2.74. The van der Waals surface area contributed by atoms with E-state index < -0.39 is 10.0 Å². The lowest BCUT2D eigenvalue weighted by Crippen LogP contribution is -2.47. The van der Waals surface area contributed by atoms with Crippen LogP contribution in [0.25, 0.3) is 0 Å². The van der Waals surface area contributed by atoms with Gasteiger partial charge in [0.1, 0.15) is 0 Å². The molecule has 0 radical (unpaired) electrons. The number of piperazine rings is 1. The zero-order valence-electron chi connectivity index (χ0n) is 19.2. The van der Waals surface area contributed by atoms with E-state index >= 15 is 0 Å². The number of likely N-dealkylation sites (N-methyl/N-ethyl adjacent to an activating group) is 1. The zero-order valence-corrected chi connectivity index (χ0v) is 20.1. The Morgan fingerprint density at radius 2 is 1.67 bits per heavy atom. The summed E-state index contributed by atoms with van der Waals surface area (Å²) in [5, 5.41) is 3.23. The lowest BCUT2D eigenvalue weighted by molar-refractivity contribution is -0.122. The summed E-state index contributed by atoms with van der Waals surface area (Å²) in [7, 11) is -1.31. The molecule has 178 valence electrons. The first-order valence-corrected chi connectivity index (χ1v) is 13.2. The molecule has 1 aliphatic heterocycles.